The summed E-state index contributed by atoms with van der Waals surface area (Å²) in [6.45, 7) is 0. The standard InChI is InChI=1S/C18H10F3N3OS2/c19-18(20,21)10-4-3-5-11(8-10)24-16(25)14(27-17(24)26)9-15-22-12-6-1-2-7-13(12)23-15/h1-9,25H/p+1. The molecule has 0 bridgehead atoms. The number of fused-ring (bicyclic) bond motifs is 1. The molecule has 27 heavy (non-hydrogen) atoms. The van der Waals surface area contributed by atoms with Crippen LogP contribution in [0.1, 0.15) is 10.4 Å². The largest absolute Gasteiger partial charge is 0.493 e. The van der Waals surface area contributed by atoms with Crippen molar-refractivity contribution in [3.8, 4) is 11.6 Å². The van der Waals surface area contributed by atoms with E-state index >= 15 is 0 Å². The molecule has 1 aromatic heterocycles. The summed E-state index contributed by atoms with van der Waals surface area (Å²) in [5, 5.41) is 12.2. The van der Waals surface area contributed by atoms with E-state index in [1.165, 1.54) is 16.7 Å². The van der Waals surface area contributed by atoms with Crippen LogP contribution in [0.3, 0.4) is 0 Å². The fraction of sp³-hybridized carbons (Fsp3) is 0.0556. The highest BCUT2D eigenvalue weighted by Gasteiger charge is 2.31. The highest BCUT2D eigenvalue weighted by atomic mass is 32.1. The zero-order valence-corrected chi connectivity index (χ0v) is 15.1. The topological polar surface area (TPSA) is 51.5 Å². The van der Waals surface area contributed by atoms with Gasteiger partial charge < -0.3 is 5.11 Å². The van der Waals surface area contributed by atoms with Crippen molar-refractivity contribution in [3.05, 3.63) is 79.5 Å². The van der Waals surface area contributed by atoms with Crippen LogP contribution in [0.4, 0.5) is 13.2 Å². The number of halogens is 3. The summed E-state index contributed by atoms with van der Waals surface area (Å²) >= 11 is 6.33. The van der Waals surface area contributed by atoms with Gasteiger partial charge in [-0.1, -0.05) is 18.2 Å². The van der Waals surface area contributed by atoms with E-state index in [0.29, 0.717) is 10.7 Å². The van der Waals surface area contributed by atoms with Gasteiger partial charge in [0.1, 0.15) is 0 Å². The van der Waals surface area contributed by atoms with Crippen LogP contribution in [0, 0.1) is 3.95 Å². The molecule has 0 saturated carbocycles. The van der Waals surface area contributed by atoms with Gasteiger partial charge >= 0.3 is 12.0 Å². The first-order chi connectivity index (χ1) is 12.8. The minimum Gasteiger partial charge on any atom is -0.493 e. The molecule has 9 heteroatoms. The molecule has 0 fully saturated rings. The number of benzene rings is 2. The predicted octanol–water partition coefficient (Wildman–Crippen LogP) is 2.32. The van der Waals surface area contributed by atoms with Gasteiger partial charge in [-0.15, -0.1) is 11.3 Å². The van der Waals surface area contributed by atoms with Crippen LogP contribution < -0.4 is 15.7 Å². The Balaban J connectivity index is 1.79. The average Bonchev–Trinajstić information content (AvgIpc) is 3.14. The van der Waals surface area contributed by atoms with Crippen LogP contribution in [0.2, 0.25) is 0 Å². The molecule has 2 heterocycles. The van der Waals surface area contributed by atoms with Crippen LogP contribution in [0.25, 0.3) is 11.8 Å². The zero-order valence-electron chi connectivity index (χ0n) is 13.5. The van der Waals surface area contributed by atoms with Crippen molar-refractivity contribution in [1.82, 2.24) is 4.57 Å². The minimum absolute atomic E-state index is 0.146. The number of aromatic hydroxyl groups is 1. The van der Waals surface area contributed by atoms with Gasteiger partial charge in [0.15, 0.2) is 9.31 Å². The van der Waals surface area contributed by atoms with Crippen LogP contribution in [0.15, 0.2) is 59.3 Å². The number of thiazole rings is 1. The molecule has 0 radical (unpaired) electrons. The fourth-order valence-electron chi connectivity index (χ4n) is 2.69. The van der Waals surface area contributed by atoms with Gasteiger partial charge in [0.2, 0.25) is 11.2 Å². The molecule has 0 aliphatic carbocycles. The van der Waals surface area contributed by atoms with Crippen molar-refractivity contribution in [2.24, 2.45) is 4.99 Å². The number of hydrogen-bond donors (Lipinski definition) is 2. The van der Waals surface area contributed by atoms with E-state index in [1.54, 1.807) is 6.08 Å². The van der Waals surface area contributed by atoms with E-state index in [-0.39, 0.29) is 15.5 Å². The van der Waals surface area contributed by atoms with Crippen molar-refractivity contribution in [2.75, 3.05) is 0 Å². The van der Waals surface area contributed by atoms with Gasteiger partial charge in [-0.05, 0) is 47.5 Å². The number of alkyl halides is 3. The van der Waals surface area contributed by atoms with Crippen molar-refractivity contribution in [2.45, 2.75) is 6.18 Å². The molecule has 0 spiro atoms. The molecular weight excluding hydrogens is 395 g/mol. The van der Waals surface area contributed by atoms with Gasteiger partial charge in [-0.2, -0.15) is 13.2 Å². The van der Waals surface area contributed by atoms with Crippen LogP contribution >= 0.6 is 23.6 Å². The molecule has 3 aromatic rings. The Morgan fingerprint density at radius 1 is 1.15 bits per heavy atom. The Morgan fingerprint density at radius 3 is 2.67 bits per heavy atom. The minimum atomic E-state index is -4.48. The second kappa shape index (κ2) is 6.43. The summed E-state index contributed by atoms with van der Waals surface area (Å²) in [5.74, 6) is 0.281. The Kier molecular flexibility index (Phi) is 4.20. The summed E-state index contributed by atoms with van der Waals surface area (Å²) < 4.78 is 40.3. The smallest absolute Gasteiger partial charge is 0.416 e. The van der Waals surface area contributed by atoms with Gasteiger partial charge in [-0.25, -0.2) is 4.99 Å². The van der Waals surface area contributed by atoms with E-state index in [9.17, 15) is 18.3 Å². The third kappa shape index (κ3) is 3.31. The second-order valence-corrected chi connectivity index (χ2v) is 7.40. The molecule has 2 aromatic carbocycles. The molecule has 1 aliphatic heterocycles. The fourth-order valence-corrected chi connectivity index (χ4v) is 3.98. The maximum absolute atomic E-state index is 13.0. The van der Waals surface area contributed by atoms with Crippen LogP contribution in [-0.4, -0.2) is 9.67 Å². The molecule has 4 rings (SSSR count). The lowest BCUT2D eigenvalue weighted by Gasteiger charge is -2.10. The summed E-state index contributed by atoms with van der Waals surface area (Å²) in [7, 11) is 0. The van der Waals surface area contributed by atoms with E-state index in [4.69, 9.17) is 12.2 Å². The van der Waals surface area contributed by atoms with Crippen molar-refractivity contribution < 1.29 is 23.3 Å². The monoisotopic (exact) mass is 406 g/mol. The first-order valence-corrected chi connectivity index (χ1v) is 8.97. The Labute approximate surface area is 159 Å². The Morgan fingerprint density at radius 2 is 1.93 bits per heavy atom. The summed E-state index contributed by atoms with van der Waals surface area (Å²) in [4.78, 5) is 7.90. The van der Waals surface area contributed by atoms with E-state index in [2.05, 4.69) is 9.98 Å². The molecule has 0 saturated heterocycles. The third-order valence-corrected chi connectivity index (χ3v) is 5.23. The third-order valence-electron chi connectivity index (χ3n) is 3.92. The molecule has 0 unspecified atom stereocenters. The first-order valence-electron chi connectivity index (χ1n) is 7.75. The first kappa shape index (κ1) is 17.6. The highest BCUT2D eigenvalue weighted by molar-refractivity contribution is 7.73. The zero-order chi connectivity index (χ0) is 19.2. The quantitative estimate of drug-likeness (QED) is 0.642. The van der Waals surface area contributed by atoms with E-state index in [1.807, 2.05) is 24.3 Å². The van der Waals surface area contributed by atoms with Crippen molar-refractivity contribution in [1.29, 1.82) is 0 Å². The van der Waals surface area contributed by atoms with Crippen LogP contribution in [-0.2, 0) is 6.18 Å². The number of nitrogens with one attached hydrogen (secondary N) is 1. The number of aromatic nitrogens is 1. The molecule has 4 nitrogen and oxygen atoms in total. The Bertz CT molecular complexity index is 1220. The lowest BCUT2D eigenvalue weighted by atomic mass is 10.2. The van der Waals surface area contributed by atoms with Gasteiger partial charge in [0, 0.05) is 0 Å². The number of nitrogens with zero attached hydrogens (tertiary/aromatic N) is 2. The van der Waals surface area contributed by atoms with Gasteiger partial charge in [-0.3, -0.25) is 4.57 Å². The lowest BCUT2D eigenvalue weighted by Crippen LogP contribution is -2.73. The second-order valence-electron chi connectivity index (χ2n) is 5.72. The van der Waals surface area contributed by atoms with Gasteiger partial charge in [0.05, 0.1) is 22.2 Å². The molecular formula is C18H11F3N3OS2+. The Hall–Kier alpha value is -2.78. The highest BCUT2D eigenvalue weighted by Crippen LogP contribution is 2.34. The van der Waals surface area contributed by atoms with Gasteiger partial charge in [0.25, 0.3) is 0 Å². The number of hydrogen-bond acceptors (Lipinski definition) is 4. The number of para-hydroxylation sites is 2. The molecule has 1 aliphatic rings. The van der Waals surface area contributed by atoms with Crippen molar-refractivity contribution >= 4 is 29.6 Å². The average molecular weight is 406 g/mol. The van der Waals surface area contributed by atoms with Crippen molar-refractivity contribution in [3.63, 3.8) is 0 Å². The van der Waals surface area contributed by atoms with E-state index in [0.717, 1.165) is 34.2 Å². The molecule has 136 valence electrons. The summed E-state index contributed by atoms with van der Waals surface area (Å²) in [6.07, 6.45) is -2.87. The SMILES string of the molecule is Oc1c(C=C2N=c3ccccc3=[NH+]2)sc(=S)n1-c1cccc(C(F)(F)F)c1. The maximum atomic E-state index is 13.0. The molecule has 2 N–H and O–H groups in total. The normalized spacial score (nSPS) is 14.7. The molecule has 0 amide bonds. The maximum Gasteiger partial charge on any atom is 0.416 e. The predicted molar refractivity (Wildman–Crippen MR) is 96.4 cm³/mol. The van der Waals surface area contributed by atoms with Crippen LogP contribution in [0.5, 0.6) is 5.88 Å². The van der Waals surface area contributed by atoms with E-state index < -0.39 is 11.7 Å². The number of rotatable bonds is 2. The lowest BCUT2D eigenvalue weighted by molar-refractivity contribution is -0.437. The molecule has 0 atom stereocenters. The summed E-state index contributed by atoms with van der Waals surface area (Å²) in [6, 6.07) is 12.1. The summed E-state index contributed by atoms with van der Waals surface area (Å²) in [5.41, 5.74) is -0.664.